The molecule has 1 aromatic carbocycles. The number of nitrogens with one attached hydrogen (secondary N) is 1. The van der Waals surface area contributed by atoms with Crippen LogP contribution < -0.4 is 5.32 Å². The number of aliphatic hydroxyl groups excluding tert-OH is 1. The average Bonchev–Trinajstić information content (AvgIpc) is 2.34. The van der Waals surface area contributed by atoms with Gasteiger partial charge < -0.3 is 15.2 Å². The van der Waals surface area contributed by atoms with Crippen molar-refractivity contribution < 1.29 is 19.4 Å². The highest BCUT2D eigenvalue weighted by molar-refractivity contribution is 14.1. The predicted octanol–water partition coefficient (Wildman–Crippen LogP) is 0.800. The molecular weight excluding hydrogens is 337 g/mol. The van der Waals surface area contributed by atoms with E-state index in [-0.39, 0.29) is 19.1 Å². The summed E-state index contributed by atoms with van der Waals surface area (Å²) in [5, 5.41) is 11.1. The molecule has 5 nitrogen and oxygen atoms in total. The Labute approximate surface area is 112 Å². The molecule has 0 saturated carbocycles. The van der Waals surface area contributed by atoms with Gasteiger partial charge in [-0.25, -0.2) is 4.79 Å². The molecule has 0 atom stereocenters. The summed E-state index contributed by atoms with van der Waals surface area (Å²) in [7, 11) is 1.29. The lowest BCUT2D eigenvalue weighted by molar-refractivity contribution is 0.0600. The summed E-state index contributed by atoms with van der Waals surface area (Å²) < 4.78 is 5.36. The van der Waals surface area contributed by atoms with E-state index in [2.05, 4.69) is 10.1 Å². The zero-order valence-electron chi connectivity index (χ0n) is 9.20. The standard InChI is InChI=1S/C11H12INO4/c1-17-11(16)8-4-7(5-9(12)6-8)10(15)13-2-3-14/h4-6,14H,2-3H2,1H3,(H,13,15). The van der Waals surface area contributed by atoms with Gasteiger partial charge in [0.15, 0.2) is 0 Å². The molecule has 0 unspecified atom stereocenters. The number of rotatable bonds is 4. The van der Waals surface area contributed by atoms with E-state index >= 15 is 0 Å². The molecule has 0 aliphatic heterocycles. The van der Waals surface area contributed by atoms with Crippen LogP contribution >= 0.6 is 22.6 Å². The van der Waals surface area contributed by atoms with Gasteiger partial charge in [0.1, 0.15) is 0 Å². The zero-order valence-corrected chi connectivity index (χ0v) is 11.4. The SMILES string of the molecule is COC(=O)c1cc(I)cc(C(=O)NCCO)c1. The second-order valence-corrected chi connectivity index (χ2v) is 4.45. The van der Waals surface area contributed by atoms with Crippen molar-refractivity contribution in [2.24, 2.45) is 0 Å². The number of esters is 1. The highest BCUT2D eigenvalue weighted by Crippen LogP contribution is 2.13. The van der Waals surface area contributed by atoms with Crippen molar-refractivity contribution in [3.8, 4) is 0 Å². The Bertz CT molecular complexity index is 433. The smallest absolute Gasteiger partial charge is 0.337 e. The van der Waals surface area contributed by atoms with Crippen molar-refractivity contribution in [3.05, 3.63) is 32.9 Å². The lowest BCUT2D eigenvalue weighted by atomic mass is 10.1. The van der Waals surface area contributed by atoms with E-state index in [0.717, 1.165) is 3.57 Å². The Morgan fingerprint density at radius 1 is 1.35 bits per heavy atom. The van der Waals surface area contributed by atoms with Crippen molar-refractivity contribution in [1.82, 2.24) is 5.32 Å². The third kappa shape index (κ3) is 3.97. The minimum absolute atomic E-state index is 0.125. The van der Waals surface area contributed by atoms with Crippen molar-refractivity contribution >= 4 is 34.5 Å². The van der Waals surface area contributed by atoms with Gasteiger partial charge in [-0.15, -0.1) is 0 Å². The fourth-order valence-electron chi connectivity index (χ4n) is 1.23. The Kier molecular flexibility index (Phi) is 5.36. The van der Waals surface area contributed by atoms with Crippen molar-refractivity contribution in [2.45, 2.75) is 0 Å². The molecule has 0 radical (unpaired) electrons. The normalized spacial score (nSPS) is 9.82. The molecular formula is C11H12INO4. The molecule has 0 aliphatic carbocycles. The molecule has 1 amide bonds. The number of aliphatic hydroxyl groups is 1. The highest BCUT2D eigenvalue weighted by atomic mass is 127. The third-order valence-electron chi connectivity index (χ3n) is 1.98. The maximum atomic E-state index is 11.6. The second kappa shape index (κ2) is 6.55. The average molecular weight is 349 g/mol. The van der Waals surface area contributed by atoms with E-state index in [0.29, 0.717) is 11.1 Å². The maximum Gasteiger partial charge on any atom is 0.337 e. The Balaban J connectivity index is 2.96. The van der Waals surface area contributed by atoms with Crippen LogP contribution in [-0.4, -0.2) is 37.2 Å². The molecule has 6 heteroatoms. The number of methoxy groups -OCH3 is 1. The summed E-state index contributed by atoms with van der Waals surface area (Å²) >= 11 is 2.01. The summed E-state index contributed by atoms with van der Waals surface area (Å²) in [4.78, 5) is 23.0. The van der Waals surface area contributed by atoms with Gasteiger partial charge in [0.2, 0.25) is 0 Å². The van der Waals surface area contributed by atoms with Crippen LogP contribution in [0.5, 0.6) is 0 Å². The number of hydrogen-bond donors (Lipinski definition) is 2. The summed E-state index contributed by atoms with van der Waals surface area (Å²) in [6.45, 7) is 0.0530. The summed E-state index contributed by atoms with van der Waals surface area (Å²) in [5.74, 6) is -0.817. The maximum absolute atomic E-state index is 11.6. The largest absolute Gasteiger partial charge is 0.465 e. The first-order valence-corrected chi connectivity index (χ1v) is 5.94. The molecule has 92 valence electrons. The van der Waals surface area contributed by atoms with E-state index in [1.165, 1.54) is 13.2 Å². The van der Waals surface area contributed by atoms with E-state index in [1.807, 2.05) is 22.6 Å². The van der Waals surface area contributed by atoms with Crippen LogP contribution in [-0.2, 0) is 4.74 Å². The molecule has 2 N–H and O–H groups in total. The quantitative estimate of drug-likeness (QED) is 0.623. The number of ether oxygens (including phenoxy) is 1. The van der Waals surface area contributed by atoms with Crippen molar-refractivity contribution in [3.63, 3.8) is 0 Å². The Morgan fingerprint density at radius 3 is 2.59 bits per heavy atom. The minimum atomic E-state index is -0.486. The molecule has 0 bridgehead atoms. The lowest BCUT2D eigenvalue weighted by Gasteiger charge is -2.06. The minimum Gasteiger partial charge on any atom is -0.465 e. The topological polar surface area (TPSA) is 75.6 Å². The molecule has 1 aromatic rings. The molecule has 0 heterocycles. The van der Waals surface area contributed by atoms with Gasteiger partial charge in [0, 0.05) is 15.7 Å². The Morgan fingerprint density at radius 2 is 2.00 bits per heavy atom. The second-order valence-electron chi connectivity index (χ2n) is 3.20. The number of amides is 1. The molecule has 1 rings (SSSR count). The van der Waals surface area contributed by atoms with Gasteiger partial charge in [-0.05, 0) is 40.8 Å². The third-order valence-corrected chi connectivity index (χ3v) is 2.60. The van der Waals surface area contributed by atoms with Crippen LogP contribution in [0.3, 0.4) is 0 Å². The van der Waals surface area contributed by atoms with Crippen LogP contribution in [0, 0.1) is 3.57 Å². The van der Waals surface area contributed by atoms with E-state index in [9.17, 15) is 9.59 Å². The van der Waals surface area contributed by atoms with E-state index in [4.69, 9.17) is 5.11 Å². The monoisotopic (exact) mass is 349 g/mol. The van der Waals surface area contributed by atoms with Gasteiger partial charge in [0.05, 0.1) is 19.3 Å². The fraction of sp³-hybridized carbons (Fsp3) is 0.273. The lowest BCUT2D eigenvalue weighted by Crippen LogP contribution is -2.26. The van der Waals surface area contributed by atoms with E-state index < -0.39 is 5.97 Å². The highest BCUT2D eigenvalue weighted by Gasteiger charge is 2.12. The molecule has 0 aliphatic rings. The van der Waals surface area contributed by atoms with Crippen LogP contribution in [0.25, 0.3) is 0 Å². The van der Waals surface area contributed by atoms with Crippen LogP contribution in [0.15, 0.2) is 18.2 Å². The van der Waals surface area contributed by atoms with Crippen molar-refractivity contribution in [1.29, 1.82) is 0 Å². The van der Waals surface area contributed by atoms with Crippen LogP contribution in [0.4, 0.5) is 0 Å². The molecule has 0 aromatic heterocycles. The molecule has 17 heavy (non-hydrogen) atoms. The predicted molar refractivity (Wildman–Crippen MR) is 69.9 cm³/mol. The first kappa shape index (κ1) is 13.9. The summed E-state index contributed by atoms with van der Waals surface area (Å²) in [6, 6.07) is 4.75. The van der Waals surface area contributed by atoms with E-state index in [1.54, 1.807) is 12.1 Å². The number of hydrogen-bond acceptors (Lipinski definition) is 4. The molecule has 0 saturated heterocycles. The van der Waals surface area contributed by atoms with Gasteiger partial charge in [-0.1, -0.05) is 0 Å². The number of carbonyl (C=O) groups excluding carboxylic acids is 2. The zero-order chi connectivity index (χ0) is 12.8. The first-order chi connectivity index (χ1) is 8.08. The Hall–Kier alpha value is -1.15. The van der Waals surface area contributed by atoms with Crippen LogP contribution in [0.1, 0.15) is 20.7 Å². The van der Waals surface area contributed by atoms with Gasteiger partial charge in [0.25, 0.3) is 5.91 Å². The van der Waals surface area contributed by atoms with Gasteiger partial charge in [-0.3, -0.25) is 4.79 Å². The molecule has 0 spiro atoms. The van der Waals surface area contributed by atoms with Gasteiger partial charge >= 0.3 is 5.97 Å². The molecule has 0 fully saturated rings. The number of halogens is 1. The fourth-order valence-corrected chi connectivity index (χ4v) is 1.90. The summed E-state index contributed by atoms with van der Waals surface area (Å²) in [5.41, 5.74) is 0.694. The number of benzene rings is 1. The van der Waals surface area contributed by atoms with Crippen molar-refractivity contribution in [2.75, 3.05) is 20.3 Å². The first-order valence-electron chi connectivity index (χ1n) is 4.86. The van der Waals surface area contributed by atoms with Crippen LogP contribution in [0.2, 0.25) is 0 Å². The number of carbonyl (C=O) groups is 2. The summed E-state index contributed by atoms with van der Waals surface area (Å²) in [6.07, 6.45) is 0. The van der Waals surface area contributed by atoms with Gasteiger partial charge in [-0.2, -0.15) is 0 Å².